The van der Waals surface area contributed by atoms with Gasteiger partial charge in [0.25, 0.3) is 0 Å². The molecule has 0 fully saturated rings. The highest BCUT2D eigenvalue weighted by molar-refractivity contribution is 5.86. The smallest absolute Gasteiger partial charge is 0.435 e. The zero-order valence-corrected chi connectivity index (χ0v) is 21.6. The maximum Gasteiger partial charge on any atom is 0.435 e. The lowest BCUT2D eigenvalue weighted by Gasteiger charge is -2.20. The molecule has 0 aromatic carbocycles. The predicted octanol–water partition coefficient (Wildman–Crippen LogP) is 6.04. The molecule has 10 nitrogen and oxygen atoms in total. The van der Waals surface area contributed by atoms with E-state index in [1.54, 1.807) is 20.8 Å². The van der Waals surface area contributed by atoms with Gasteiger partial charge in [0.05, 0.1) is 22.8 Å². The van der Waals surface area contributed by atoms with Crippen LogP contribution in [0.3, 0.4) is 0 Å². The van der Waals surface area contributed by atoms with E-state index in [1.807, 2.05) is 0 Å². The Morgan fingerprint density at radius 3 is 1.61 bits per heavy atom. The summed E-state index contributed by atoms with van der Waals surface area (Å²) in [5, 5.41) is 2.08. The molecule has 0 saturated carbocycles. The van der Waals surface area contributed by atoms with Gasteiger partial charge in [0, 0.05) is 35.9 Å². The summed E-state index contributed by atoms with van der Waals surface area (Å²) in [6.45, 7) is 4.82. The Morgan fingerprint density at radius 1 is 0.732 bits per heavy atom. The highest BCUT2D eigenvalue weighted by Gasteiger charge is 2.37. The molecule has 4 aromatic heterocycles. The third kappa shape index (κ3) is 8.81. The van der Waals surface area contributed by atoms with Crippen LogP contribution >= 0.6 is 0 Å². The van der Waals surface area contributed by atoms with Crippen molar-refractivity contribution < 1.29 is 35.9 Å². The third-order valence-electron chi connectivity index (χ3n) is 4.71. The molecule has 4 rings (SSSR count). The SMILES string of the molecule is CC(C)(C)OC(=O)Nc1ccc(-c2cncnc2)nc1C(F)(F)F.Nc1ccc(-c2cncnc2)nc1C(F)(F)F. The molecule has 0 spiro atoms. The maximum atomic E-state index is 13.2. The number of halogens is 6. The van der Waals surface area contributed by atoms with E-state index in [2.05, 4.69) is 35.2 Å². The van der Waals surface area contributed by atoms with E-state index in [1.165, 1.54) is 49.6 Å². The summed E-state index contributed by atoms with van der Waals surface area (Å²) >= 11 is 0. The van der Waals surface area contributed by atoms with Gasteiger partial charge in [0.15, 0.2) is 11.4 Å². The zero-order valence-electron chi connectivity index (χ0n) is 21.6. The number of nitrogens with two attached hydrogens (primary N) is 1. The Labute approximate surface area is 229 Å². The fraction of sp³-hybridized carbons (Fsp3) is 0.240. The molecule has 0 bridgehead atoms. The minimum absolute atomic E-state index is 0.0395. The molecular formula is C25H22F6N8O2. The Balaban J connectivity index is 0.000000239. The summed E-state index contributed by atoms with van der Waals surface area (Å²) in [6, 6.07) is 5.00. The van der Waals surface area contributed by atoms with Crippen molar-refractivity contribution in [1.82, 2.24) is 29.9 Å². The Kier molecular flexibility index (Phi) is 9.04. The molecule has 1 amide bonds. The standard InChI is InChI=1S/C15H15F3N4O2.C10H7F3N4/c1-14(2,3)24-13(23)22-11-5-4-10(9-6-19-8-20-7-9)21-12(11)15(16,17)18;11-10(12,13)9-7(14)1-2-8(17-9)6-3-15-5-16-4-6/h4-8H,1-3H3,(H,22,23);1-5H,14H2. The molecule has 3 N–H and O–H groups in total. The van der Waals surface area contributed by atoms with Crippen molar-refractivity contribution >= 4 is 17.5 Å². The van der Waals surface area contributed by atoms with Gasteiger partial charge in [-0.3, -0.25) is 5.32 Å². The number of pyridine rings is 2. The van der Waals surface area contributed by atoms with E-state index >= 15 is 0 Å². The van der Waals surface area contributed by atoms with Crippen LogP contribution in [0.1, 0.15) is 32.2 Å². The van der Waals surface area contributed by atoms with Crippen LogP contribution in [0.25, 0.3) is 22.5 Å². The van der Waals surface area contributed by atoms with Crippen molar-refractivity contribution in [3.8, 4) is 22.5 Å². The van der Waals surface area contributed by atoms with Crippen LogP contribution in [0, 0.1) is 0 Å². The van der Waals surface area contributed by atoms with Gasteiger partial charge < -0.3 is 10.5 Å². The fourth-order valence-electron chi connectivity index (χ4n) is 3.07. The second-order valence-corrected chi connectivity index (χ2v) is 9.10. The van der Waals surface area contributed by atoms with Crippen LogP contribution in [-0.2, 0) is 17.1 Å². The summed E-state index contributed by atoms with van der Waals surface area (Å²) in [5.41, 5.74) is 2.08. The first-order valence-corrected chi connectivity index (χ1v) is 11.5. The summed E-state index contributed by atoms with van der Waals surface area (Å²) in [4.78, 5) is 33.7. The van der Waals surface area contributed by atoms with E-state index in [4.69, 9.17) is 10.5 Å². The second kappa shape index (κ2) is 12.1. The molecule has 16 heteroatoms. The number of hydrogen-bond acceptors (Lipinski definition) is 9. The van der Waals surface area contributed by atoms with Crippen LogP contribution in [0.15, 0.2) is 61.7 Å². The zero-order chi connectivity index (χ0) is 30.4. The monoisotopic (exact) mass is 580 g/mol. The number of carbonyl (C=O) groups excluding carboxylic acids is 1. The Morgan fingerprint density at radius 2 is 1.17 bits per heavy atom. The average Bonchev–Trinajstić information content (AvgIpc) is 2.88. The molecule has 4 aromatic rings. The number of rotatable bonds is 3. The fourth-order valence-corrected chi connectivity index (χ4v) is 3.07. The van der Waals surface area contributed by atoms with Crippen molar-refractivity contribution in [3.05, 3.63) is 73.1 Å². The maximum absolute atomic E-state index is 13.2. The molecular weight excluding hydrogens is 558 g/mol. The van der Waals surface area contributed by atoms with Crippen molar-refractivity contribution in [1.29, 1.82) is 0 Å². The summed E-state index contributed by atoms with van der Waals surface area (Å²) < 4.78 is 82.4. The lowest BCUT2D eigenvalue weighted by atomic mass is 10.2. The van der Waals surface area contributed by atoms with E-state index in [0.717, 1.165) is 12.1 Å². The first-order valence-electron chi connectivity index (χ1n) is 11.5. The Bertz CT molecular complexity index is 1480. The minimum Gasteiger partial charge on any atom is -0.444 e. The topological polar surface area (TPSA) is 142 Å². The average molecular weight is 580 g/mol. The van der Waals surface area contributed by atoms with E-state index in [-0.39, 0.29) is 11.4 Å². The molecule has 0 aliphatic rings. The van der Waals surface area contributed by atoms with Crippen LogP contribution < -0.4 is 11.1 Å². The van der Waals surface area contributed by atoms with Crippen molar-refractivity contribution in [2.24, 2.45) is 0 Å². The van der Waals surface area contributed by atoms with Gasteiger partial charge in [0.1, 0.15) is 18.3 Å². The first kappa shape index (κ1) is 30.6. The minimum atomic E-state index is -4.75. The van der Waals surface area contributed by atoms with E-state index < -0.39 is 46.8 Å². The molecule has 0 atom stereocenters. The van der Waals surface area contributed by atoms with Gasteiger partial charge in [-0.2, -0.15) is 26.3 Å². The summed E-state index contributed by atoms with van der Waals surface area (Å²) in [6.07, 6.45) is -2.33. The molecule has 216 valence electrons. The van der Waals surface area contributed by atoms with E-state index in [0.29, 0.717) is 11.1 Å². The quantitative estimate of drug-likeness (QED) is 0.277. The van der Waals surface area contributed by atoms with Crippen LogP contribution in [0.5, 0.6) is 0 Å². The molecule has 0 saturated heterocycles. The second-order valence-electron chi connectivity index (χ2n) is 9.10. The number of nitrogen functional groups attached to an aromatic ring is 1. The number of nitrogens with zero attached hydrogens (tertiary/aromatic N) is 6. The number of nitrogens with one attached hydrogen (secondary N) is 1. The van der Waals surface area contributed by atoms with Gasteiger partial charge in [0.2, 0.25) is 0 Å². The van der Waals surface area contributed by atoms with Crippen LogP contribution in [0.4, 0.5) is 42.5 Å². The highest BCUT2D eigenvalue weighted by Crippen LogP contribution is 2.35. The lowest BCUT2D eigenvalue weighted by Crippen LogP contribution is -2.28. The summed E-state index contributed by atoms with van der Waals surface area (Å²) in [5.74, 6) is 0. The molecule has 0 unspecified atom stereocenters. The normalized spacial score (nSPS) is 11.7. The number of aromatic nitrogens is 6. The molecule has 4 heterocycles. The summed E-state index contributed by atoms with van der Waals surface area (Å²) in [7, 11) is 0. The first-order chi connectivity index (χ1) is 19.0. The number of carbonyl (C=O) groups is 1. The molecule has 0 aliphatic carbocycles. The molecule has 41 heavy (non-hydrogen) atoms. The number of ether oxygens (including phenoxy) is 1. The number of anilines is 2. The van der Waals surface area contributed by atoms with E-state index in [9.17, 15) is 31.1 Å². The van der Waals surface area contributed by atoms with Crippen molar-refractivity contribution in [3.63, 3.8) is 0 Å². The highest BCUT2D eigenvalue weighted by atomic mass is 19.4. The number of amides is 1. The van der Waals surface area contributed by atoms with Crippen molar-refractivity contribution in [2.45, 2.75) is 38.7 Å². The van der Waals surface area contributed by atoms with Gasteiger partial charge in [-0.25, -0.2) is 34.7 Å². The molecule has 0 aliphatic heterocycles. The Hall–Kier alpha value is -4.89. The lowest BCUT2D eigenvalue weighted by molar-refractivity contribution is -0.141. The number of alkyl halides is 6. The van der Waals surface area contributed by atoms with Crippen LogP contribution in [0.2, 0.25) is 0 Å². The van der Waals surface area contributed by atoms with Gasteiger partial charge in [-0.15, -0.1) is 0 Å². The molecule has 0 radical (unpaired) electrons. The third-order valence-corrected chi connectivity index (χ3v) is 4.71. The van der Waals surface area contributed by atoms with Crippen molar-refractivity contribution in [2.75, 3.05) is 11.1 Å². The largest absolute Gasteiger partial charge is 0.444 e. The number of hydrogen-bond donors (Lipinski definition) is 2. The van der Waals surface area contributed by atoms with Gasteiger partial charge in [-0.1, -0.05) is 0 Å². The van der Waals surface area contributed by atoms with Gasteiger partial charge in [-0.05, 0) is 45.0 Å². The van der Waals surface area contributed by atoms with Crippen LogP contribution in [-0.4, -0.2) is 41.6 Å². The van der Waals surface area contributed by atoms with Gasteiger partial charge >= 0.3 is 18.4 Å². The predicted molar refractivity (Wildman–Crippen MR) is 135 cm³/mol.